The second-order valence-corrected chi connectivity index (χ2v) is 8.93. The van der Waals surface area contributed by atoms with Crippen molar-refractivity contribution in [2.45, 2.75) is 44.4 Å². The summed E-state index contributed by atoms with van der Waals surface area (Å²) in [6.07, 6.45) is 1.04. The molecule has 2 aliphatic rings. The molecule has 2 fully saturated rings. The lowest BCUT2D eigenvalue weighted by molar-refractivity contribution is -0.147. The third kappa shape index (κ3) is 5.66. The van der Waals surface area contributed by atoms with Gasteiger partial charge in [0.05, 0.1) is 29.1 Å². The molecule has 11 nitrogen and oxygen atoms in total. The molecule has 0 radical (unpaired) electrons. The highest BCUT2D eigenvalue weighted by Gasteiger charge is 2.37. The van der Waals surface area contributed by atoms with Crippen molar-refractivity contribution in [3.8, 4) is 0 Å². The van der Waals surface area contributed by atoms with Crippen molar-refractivity contribution in [3.63, 3.8) is 0 Å². The van der Waals surface area contributed by atoms with Crippen LogP contribution < -0.4 is 16.6 Å². The number of methoxy groups -OCH3 is 1. The molecule has 1 aromatic rings. The molecule has 3 heterocycles. The zero-order valence-electron chi connectivity index (χ0n) is 18.7. The van der Waals surface area contributed by atoms with Crippen LogP contribution >= 0.6 is 11.6 Å². The van der Waals surface area contributed by atoms with Gasteiger partial charge in [0.15, 0.2) is 0 Å². The van der Waals surface area contributed by atoms with Gasteiger partial charge in [0.25, 0.3) is 11.5 Å². The first-order valence-electron chi connectivity index (χ1n) is 10.9. The van der Waals surface area contributed by atoms with Crippen molar-refractivity contribution in [1.29, 1.82) is 0 Å². The van der Waals surface area contributed by atoms with Crippen LogP contribution in [0.3, 0.4) is 0 Å². The van der Waals surface area contributed by atoms with Crippen molar-refractivity contribution in [2.24, 2.45) is 5.92 Å². The Hall–Kier alpha value is -2.63. The minimum Gasteiger partial charge on any atom is -0.481 e. The molecule has 5 N–H and O–H groups in total. The number of nitrogen functional groups attached to an aromatic ring is 1. The van der Waals surface area contributed by atoms with E-state index in [0.29, 0.717) is 45.4 Å². The van der Waals surface area contributed by atoms with Crippen LogP contribution in [0.4, 0.5) is 5.82 Å². The van der Waals surface area contributed by atoms with Crippen molar-refractivity contribution >= 4 is 35.2 Å². The monoisotopic (exact) mass is 483 g/mol. The molecular formula is C21H30ClN5O6. The Morgan fingerprint density at radius 1 is 1.27 bits per heavy atom. The number of H-pyrrole nitrogens is 1. The van der Waals surface area contributed by atoms with Crippen molar-refractivity contribution in [3.05, 3.63) is 27.0 Å². The second-order valence-electron chi connectivity index (χ2n) is 8.53. The van der Waals surface area contributed by atoms with Gasteiger partial charge in [0.2, 0.25) is 5.91 Å². The molecule has 0 bridgehead atoms. The largest absolute Gasteiger partial charge is 0.481 e. The summed E-state index contributed by atoms with van der Waals surface area (Å²) in [5.74, 6) is -1.84. The van der Waals surface area contributed by atoms with Gasteiger partial charge in [-0.15, -0.1) is 0 Å². The fourth-order valence-corrected chi connectivity index (χ4v) is 4.55. The lowest BCUT2D eigenvalue weighted by atomic mass is 9.96. The molecule has 3 atom stereocenters. The van der Waals surface area contributed by atoms with Crippen LogP contribution in [0.2, 0.25) is 5.02 Å². The van der Waals surface area contributed by atoms with Gasteiger partial charge >= 0.3 is 5.97 Å². The van der Waals surface area contributed by atoms with Gasteiger partial charge in [-0.25, -0.2) is 0 Å². The van der Waals surface area contributed by atoms with E-state index >= 15 is 0 Å². The van der Waals surface area contributed by atoms with Gasteiger partial charge < -0.3 is 30.8 Å². The molecule has 3 rings (SSSR count). The number of anilines is 1. The number of likely N-dealkylation sites (tertiary alicyclic amines) is 2. The quantitative estimate of drug-likeness (QED) is 0.444. The van der Waals surface area contributed by atoms with Crippen molar-refractivity contribution < 1.29 is 24.2 Å². The van der Waals surface area contributed by atoms with Crippen LogP contribution in [-0.4, -0.2) is 89.2 Å². The van der Waals surface area contributed by atoms with E-state index in [-0.39, 0.29) is 34.5 Å². The minimum absolute atomic E-state index is 0.00728. The maximum Gasteiger partial charge on any atom is 0.306 e. The van der Waals surface area contributed by atoms with E-state index in [1.807, 2.05) is 11.8 Å². The molecule has 12 heteroatoms. The molecule has 2 amide bonds. The molecule has 33 heavy (non-hydrogen) atoms. The molecule has 182 valence electrons. The van der Waals surface area contributed by atoms with E-state index in [2.05, 4.69) is 10.3 Å². The van der Waals surface area contributed by atoms with E-state index in [1.165, 1.54) is 13.2 Å². The fourth-order valence-electron chi connectivity index (χ4n) is 4.40. The molecule has 1 unspecified atom stereocenters. The Kier molecular flexibility index (Phi) is 7.98. The Morgan fingerprint density at radius 2 is 1.94 bits per heavy atom. The number of amides is 2. The highest BCUT2D eigenvalue weighted by Crippen LogP contribution is 2.22. The zero-order valence-corrected chi connectivity index (χ0v) is 19.4. The van der Waals surface area contributed by atoms with E-state index in [0.717, 1.165) is 0 Å². The lowest BCUT2D eigenvalue weighted by Crippen LogP contribution is -2.59. The zero-order chi connectivity index (χ0) is 24.3. The van der Waals surface area contributed by atoms with Crippen LogP contribution in [-0.2, 0) is 14.3 Å². The molecule has 1 aromatic heterocycles. The summed E-state index contributed by atoms with van der Waals surface area (Å²) in [6, 6.07) is 0.471. The topological polar surface area (TPSA) is 158 Å². The Bertz CT molecular complexity index is 961. The van der Waals surface area contributed by atoms with Gasteiger partial charge in [-0.1, -0.05) is 11.6 Å². The summed E-state index contributed by atoms with van der Waals surface area (Å²) in [6.45, 7) is 3.65. The van der Waals surface area contributed by atoms with E-state index in [1.54, 1.807) is 4.90 Å². The number of aromatic nitrogens is 1. The van der Waals surface area contributed by atoms with E-state index in [4.69, 9.17) is 27.2 Å². The van der Waals surface area contributed by atoms with Gasteiger partial charge in [-0.3, -0.25) is 24.1 Å². The Morgan fingerprint density at radius 3 is 2.55 bits per heavy atom. The standard InChI is InChI=1S/C21H30ClN5O6/c1-11(20(30)26-6-3-12(4-7-26)21(31)32)27-8-5-15(16(10-27)33-2)24-18(28)13-9-14(22)17(23)25-19(13)29/h9,11-12,15-16H,3-8,10H2,1-2H3,(H,24,28)(H,31,32)(H3,23,25,29)/t11?,15-,16+/m1/s1. The number of pyridine rings is 1. The number of nitrogens with one attached hydrogen (secondary N) is 2. The average molecular weight is 484 g/mol. The summed E-state index contributed by atoms with van der Waals surface area (Å²) in [7, 11) is 1.53. The summed E-state index contributed by atoms with van der Waals surface area (Å²) < 4.78 is 5.58. The first-order chi connectivity index (χ1) is 15.6. The fraction of sp³-hybridized carbons (Fsp3) is 0.619. The number of piperidine rings is 2. The van der Waals surface area contributed by atoms with Crippen LogP contribution in [0.5, 0.6) is 0 Å². The predicted molar refractivity (Wildman–Crippen MR) is 121 cm³/mol. The lowest BCUT2D eigenvalue weighted by Gasteiger charge is -2.42. The summed E-state index contributed by atoms with van der Waals surface area (Å²) in [4.78, 5) is 54.9. The van der Waals surface area contributed by atoms with Gasteiger partial charge in [-0.05, 0) is 32.3 Å². The number of carbonyl (C=O) groups is 3. The van der Waals surface area contributed by atoms with E-state index < -0.39 is 29.4 Å². The molecule has 0 saturated carbocycles. The maximum absolute atomic E-state index is 13.0. The van der Waals surface area contributed by atoms with Crippen LogP contribution in [0, 0.1) is 5.92 Å². The number of nitrogens with two attached hydrogens (primary N) is 1. The van der Waals surface area contributed by atoms with Crippen molar-refractivity contribution in [1.82, 2.24) is 20.1 Å². The third-order valence-corrected chi connectivity index (χ3v) is 6.85. The molecule has 2 aliphatic heterocycles. The number of hydrogen-bond donors (Lipinski definition) is 4. The first kappa shape index (κ1) is 25.0. The minimum atomic E-state index is -0.814. The Balaban J connectivity index is 1.59. The molecule has 0 spiro atoms. The number of carboxylic acids is 1. The molecule has 2 saturated heterocycles. The number of rotatable bonds is 6. The molecule has 0 aromatic carbocycles. The predicted octanol–water partition coefficient (Wildman–Crippen LogP) is 0.141. The number of aliphatic carboxylic acids is 1. The van der Waals surface area contributed by atoms with Crippen molar-refractivity contribution in [2.75, 3.05) is 39.0 Å². The second kappa shape index (κ2) is 10.5. The van der Waals surface area contributed by atoms with E-state index in [9.17, 15) is 19.2 Å². The third-order valence-electron chi connectivity index (χ3n) is 6.54. The number of nitrogens with zero attached hydrogens (tertiary/aromatic N) is 2. The summed E-state index contributed by atoms with van der Waals surface area (Å²) in [5.41, 5.74) is 4.79. The highest BCUT2D eigenvalue weighted by atomic mass is 35.5. The average Bonchev–Trinajstić information content (AvgIpc) is 2.80. The normalized spacial score (nSPS) is 23.2. The number of aromatic amines is 1. The maximum atomic E-state index is 13.0. The summed E-state index contributed by atoms with van der Waals surface area (Å²) >= 11 is 5.93. The number of carbonyl (C=O) groups excluding carboxylic acids is 2. The number of hydrogen-bond acceptors (Lipinski definition) is 7. The molecule has 0 aliphatic carbocycles. The number of halogens is 1. The number of carboxylic acid groups (broad SMARTS) is 1. The van der Waals surface area contributed by atoms with Gasteiger partial charge in [0, 0.05) is 33.3 Å². The first-order valence-corrected chi connectivity index (χ1v) is 11.3. The van der Waals surface area contributed by atoms with Crippen LogP contribution in [0.15, 0.2) is 10.9 Å². The Labute approximate surface area is 196 Å². The number of ether oxygens (including phenoxy) is 1. The van der Waals surface area contributed by atoms with Gasteiger partial charge in [0.1, 0.15) is 11.4 Å². The molecular weight excluding hydrogens is 454 g/mol. The smallest absolute Gasteiger partial charge is 0.306 e. The highest BCUT2D eigenvalue weighted by molar-refractivity contribution is 6.33. The van der Waals surface area contributed by atoms with Gasteiger partial charge in [-0.2, -0.15) is 0 Å². The summed E-state index contributed by atoms with van der Waals surface area (Å²) in [5, 5.41) is 12.1. The SMILES string of the molecule is CO[C@H]1CN(C(C)C(=O)N2CCC(C(=O)O)CC2)CC[C@H]1NC(=O)c1cc(Cl)c(N)[nH]c1=O. The van der Waals surface area contributed by atoms with Crippen LogP contribution in [0.25, 0.3) is 0 Å². The van der Waals surface area contributed by atoms with Crippen LogP contribution in [0.1, 0.15) is 36.5 Å².